The molecule has 0 saturated heterocycles. The maximum absolute atomic E-state index is 5.94. The molecule has 0 aliphatic rings. The lowest BCUT2D eigenvalue weighted by Crippen LogP contribution is -1.99. The van der Waals surface area contributed by atoms with Crippen LogP contribution in [-0.4, -0.2) is 0 Å². The SMILES string of the molecule is Clc1cc(Cl)cc(NCc2ccc(Cl)c(Br)c2)c1. The topological polar surface area (TPSA) is 12.0 Å². The highest BCUT2D eigenvalue weighted by atomic mass is 79.9. The largest absolute Gasteiger partial charge is 0.381 e. The predicted molar refractivity (Wildman–Crippen MR) is 82.9 cm³/mol. The Morgan fingerprint density at radius 1 is 0.944 bits per heavy atom. The number of nitrogens with one attached hydrogen (secondary N) is 1. The molecule has 18 heavy (non-hydrogen) atoms. The first kappa shape index (κ1) is 14.0. The van der Waals surface area contributed by atoms with Gasteiger partial charge in [0.05, 0.1) is 5.02 Å². The fraction of sp³-hybridized carbons (Fsp3) is 0.0769. The number of hydrogen-bond donors (Lipinski definition) is 1. The minimum atomic E-state index is 0.613. The fourth-order valence-corrected chi connectivity index (χ4v) is 2.58. The van der Waals surface area contributed by atoms with Gasteiger partial charge in [0.2, 0.25) is 0 Å². The van der Waals surface area contributed by atoms with Gasteiger partial charge in [-0.2, -0.15) is 0 Å². The standard InChI is InChI=1S/C13H9BrCl3N/c14-12-3-8(1-2-13(12)17)7-18-11-5-9(15)4-10(16)6-11/h1-6,18H,7H2. The van der Waals surface area contributed by atoms with Crippen LogP contribution in [0.2, 0.25) is 15.1 Å². The molecule has 0 radical (unpaired) electrons. The van der Waals surface area contributed by atoms with E-state index in [-0.39, 0.29) is 0 Å². The molecule has 0 aliphatic carbocycles. The lowest BCUT2D eigenvalue weighted by Gasteiger charge is -2.08. The van der Waals surface area contributed by atoms with E-state index in [0.29, 0.717) is 21.6 Å². The molecular weight excluding hydrogens is 356 g/mol. The molecule has 5 heteroatoms. The zero-order valence-corrected chi connectivity index (χ0v) is 13.0. The van der Waals surface area contributed by atoms with Gasteiger partial charge in [-0.05, 0) is 51.8 Å². The fourth-order valence-electron chi connectivity index (χ4n) is 1.51. The molecule has 0 heterocycles. The van der Waals surface area contributed by atoms with Gasteiger partial charge in [0.15, 0.2) is 0 Å². The number of rotatable bonds is 3. The van der Waals surface area contributed by atoms with E-state index >= 15 is 0 Å². The number of anilines is 1. The van der Waals surface area contributed by atoms with E-state index in [4.69, 9.17) is 34.8 Å². The van der Waals surface area contributed by atoms with E-state index in [0.717, 1.165) is 15.7 Å². The molecule has 0 aromatic heterocycles. The van der Waals surface area contributed by atoms with E-state index in [1.807, 2.05) is 30.3 Å². The van der Waals surface area contributed by atoms with Crippen molar-refractivity contribution in [1.29, 1.82) is 0 Å². The molecular formula is C13H9BrCl3N. The zero-order valence-electron chi connectivity index (χ0n) is 9.18. The van der Waals surface area contributed by atoms with Gasteiger partial charge in [0, 0.05) is 26.8 Å². The Bertz CT molecular complexity index is 552. The molecule has 0 atom stereocenters. The first-order chi connectivity index (χ1) is 8.54. The van der Waals surface area contributed by atoms with Crippen molar-refractivity contribution in [2.45, 2.75) is 6.54 Å². The summed E-state index contributed by atoms with van der Waals surface area (Å²) in [6.45, 7) is 0.673. The van der Waals surface area contributed by atoms with Gasteiger partial charge < -0.3 is 5.32 Å². The van der Waals surface area contributed by atoms with Crippen molar-refractivity contribution in [1.82, 2.24) is 0 Å². The average Bonchev–Trinajstić information content (AvgIpc) is 2.29. The van der Waals surface area contributed by atoms with Crippen molar-refractivity contribution in [3.05, 3.63) is 61.5 Å². The third-order valence-corrected chi connectivity index (χ3v) is 3.99. The van der Waals surface area contributed by atoms with Gasteiger partial charge in [0.1, 0.15) is 0 Å². The molecule has 2 rings (SSSR count). The van der Waals surface area contributed by atoms with Gasteiger partial charge in [-0.25, -0.2) is 0 Å². The molecule has 0 aliphatic heterocycles. The first-order valence-corrected chi connectivity index (χ1v) is 7.11. The van der Waals surface area contributed by atoms with Crippen LogP contribution >= 0.6 is 50.7 Å². The van der Waals surface area contributed by atoms with Crippen LogP contribution in [0.15, 0.2) is 40.9 Å². The highest BCUT2D eigenvalue weighted by Gasteiger charge is 2.01. The quantitative estimate of drug-likeness (QED) is 0.701. The normalized spacial score (nSPS) is 10.4. The summed E-state index contributed by atoms with van der Waals surface area (Å²) in [6.07, 6.45) is 0. The molecule has 94 valence electrons. The minimum absolute atomic E-state index is 0.613. The van der Waals surface area contributed by atoms with Crippen LogP contribution in [0.25, 0.3) is 0 Å². The molecule has 0 amide bonds. The van der Waals surface area contributed by atoms with Gasteiger partial charge in [-0.15, -0.1) is 0 Å². The van der Waals surface area contributed by atoms with Crippen molar-refractivity contribution in [3.8, 4) is 0 Å². The Kier molecular flexibility index (Phi) is 4.79. The first-order valence-electron chi connectivity index (χ1n) is 5.18. The Morgan fingerprint density at radius 3 is 2.22 bits per heavy atom. The molecule has 1 nitrogen and oxygen atoms in total. The molecule has 0 spiro atoms. The van der Waals surface area contributed by atoms with Crippen LogP contribution in [-0.2, 0) is 6.54 Å². The molecule has 2 aromatic carbocycles. The Hall–Kier alpha value is -0.410. The van der Waals surface area contributed by atoms with Crippen LogP contribution in [0.3, 0.4) is 0 Å². The van der Waals surface area contributed by atoms with E-state index in [9.17, 15) is 0 Å². The third-order valence-electron chi connectivity index (χ3n) is 2.34. The van der Waals surface area contributed by atoms with Crippen molar-refractivity contribution < 1.29 is 0 Å². The zero-order chi connectivity index (χ0) is 13.1. The molecule has 0 saturated carbocycles. The van der Waals surface area contributed by atoms with E-state index in [2.05, 4.69) is 21.2 Å². The van der Waals surface area contributed by atoms with Crippen molar-refractivity contribution >= 4 is 56.4 Å². The number of hydrogen-bond acceptors (Lipinski definition) is 1. The lowest BCUT2D eigenvalue weighted by atomic mass is 10.2. The Labute approximate surface area is 129 Å². The summed E-state index contributed by atoms with van der Waals surface area (Å²) in [5, 5.41) is 5.18. The second-order valence-electron chi connectivity index (χ2n) is 3.76. The third kappa shape index (κ3) is 3.79. The monoisotopic (exact) mass is 363 g/mol. The molecule has 0 fully saturated rings. The summed E-state index contributed by atoms with van der Waals surface area (Å²) < 4.78 is 0.882. The smallest absolute Gasteiger partial charge is 0.0548 e. The van der Waals surface area contributed by atoms with Gasteiger partial charge in [-0.1, -0.05) is 40.9 Å². The van der Waals surface area contributed by atoms with Crippen molar-refractivity contribution in [2.24, 2.45) is 0 Å². The number of benzene rings is 2. The Morgan fingerprint density at radius 2 is 1.61 bits per heavy atom. The summed E-state index contributed by atoms with van der Waals surface area (Å²) >= 11 is 21.2. The van der Waals surface area contributed by atoms with Crippen LogP contribution in [0.4, 0.5) is 5.69 Å². The molecule has 2 aromatic rings. The summed E-state index contributed by atoms with van der Waals surface area (Å²) in [6, 6.07) is 11.2. The number of halogens is 4. The highest BCUT2D eigenvalue weighted by molar-refractivity contribution is 9.10. The Balaban J connectivity index is 2.08. The highest BCUT2D eigenvalue weighted by Crippen LogP contribution is 2.25. The summed E-state index contributed by atoms with van der Waals surface area (Å²) in [5.74, 6) is 0. The van der Waals surface area contributed by atoms with Crippen LogP contribution < -0.4 is 5.32 Å². The second kappa shape index (κ2) is 6.16. The van der Waals surface area contributed by atoms with Gasteiger partial charge in [-0.3, -0.25) is 0 Å². The van der Waals surface area contributed by atoms with Gasteiger partial charge >= 0.3 is 0 Å². The van der Waals surface area contributed by atoms with Crippen LogP contribution in [0.1, 0.15) is 5.56 Å². The van der Waals surface area contributed by atoms with Crippen molar-refractivity contribution in [3.63, 3.8) is 0 Å². The average molecular weight is 365 g/mol. The summed E-state index contributed by atoms with van der Waals surface area (Å²) in [7, 11) is 0. The minimum Gasteiger partial charge on any atom is -0.381 e. The maximum Gasteiger partial charge on any atom is 0.0548 e. The summed E-state index contributed by atoms with van der Waals surface area (Å²) in [4.78, 5) is 0. The molecule has 1 N–H and O–H groups in total. The van der Waals surface area contributed by atoms with Crippen molar-refractivity contribution in [2.75, 3.05) is 5.32 Å². The van der Waals surface area contributed by atoms with Crippen LogP contribution in [0, 0.1) is 0 Å². The van der Waals surface area contributed by atoms with E-state index < -0.39 is 0 Å². The maximum atomic E-state index is 5.94. The van der Waals surface area contributed by atoms with Gasteiger partial charge in [0.25, 0.3) is 0 Å². The lowest BCUT2D eigenvalue weighted by molar-refractivity contribution is 1.15. The van der Waals surface area contributed by atoms with Crippen LogP contribution in [0.5, 0.6) is 0 Å². The van der Waals surface area contributed by atoms with E-state index in [1.165, 1.54) is 0 Å². The molecule has 0 unspecified atom stereocenters. The van der Waals surface area contributed by atoms with E-state index in [1.54, 1.807) is 6.07 Å². The second-order valence-corrected chi connectivity index (χ2v) is 5.89. The predicted octanol–water partition coefficient (Wildman–Crippen LogP) is 6.02. The molecule has 0 bridgehead atoms. The summed E-state index contributed by atoms with van der Waals surface area (Å²) in [5.41, 5.74) is 2.00.